The van der Waals surface area contributed by atoms with Gasteiger partial charge in [0.2, 0.25) is 11.8 Å². The largest absolute Gasteiger partial charge is 0.497 e. The average molecular weight is 514 g/mol. The second-order valence-corrected chi connectivity index (χ2v) is 9.59. The molecule has 1 unspecified atom stereocenters. The number of carbonyl (C=O) groups is 4. The number of amides is 3. The summed E-state index contributed by atoms with van der Waals surface area (Å²) in [4.78, 5) is 55.5. The third-order valence-corrected chi connectivity index (χ3v) is 6.69. The molecule has 1 aliphatic rings. The Balaban J connectivity index is 1.66. The highest BCUT2D eigenvalue weighted by molar-refractivity contribution is 6.52. The SMILES string of the molecule is COc1ccc(NC(=O)C(C(C)C)N(Cc2ccccc2C)C(=O)CN2C(=O)C(=O)c3ccccc32)cc1. The van der Waals surface area contributed by atoms with Gasteiger partial charge in [-0.25, -0.2) is 0 Å². The fourth-order valence-electron chi connectivity index (χ4n) is 4.64. The number of methoxy groups -OCH3 is 1. The lowest BCUT2D eigenvalue weighted by Gasteiger charge is -2.35. The Morgan fingerprint density at radius 1 is 0.947 bits per heavy atom. The van der Waals surface area contributed by atoms with E-state index in [9.17, 15) is 19.2 Å². The summed E-state index contributed by atoms with van der Waals surface area (Å²) in [7, 11) is 1.56. The van der Waals surface area contributed by atoms with Crippen LogP contribution in [-0.2, 0) is 20.9 Å². The minimum atomic E-state index is -0.840. The van der Waals surface area contributed by atoms with Crippen LogP contribution in [0.1, 0.15) is 35.3 Å². The summed E-state index contributed by atoms with van der Waals surface area (Å²) in [5, 5.41) is 2.91. The molecule has 0 radical (unpaired) electrons. The van der Waals surface area contributed by atoms with Crippen molar-refractivity contribution in [2.75, 3.05) is 23.9 Å². The normalized spacial score (nSPS) is 13.3. The standard InChI is InChI=1S/C30H31N3O5/c1-19(2)27(29(36)31-22-13-15-23(38-4)16-14-22)33(17-21-10-6-5-9-20(21)3)26(34)18-32-25-12-8-7-11-24(25)28(35)30(32)37/h5-16,19,27H,17-18H2,1-4H3,(H,31,36). The molecule has 0 aromatic heterocycles. The van der Waals surface area contributed by atoms with Gasteiger partial charge in [-0.3, -0.25) is 24.1 Å². The summed E-state index contributed by atoms with van der Waals surface area (Å²) < 4.78 is 5.19. The average Bonchev–Trinajstić information content (AvgIpc) is 3.14. The molecular weight excluding hydrogens is 482 g/mol. The molecule has 0 fully saturated rings. The van der Waals surface area contributed by atoms with Gasteiger partial charge in [0.05, 0.1) is 18.4 Å². The van der Waals surface area contributed by atoms with E-state index < -0.39 is 23.6 Å². The molecule has 0 aliphatic carbocycles. The van der Waals surface area contributed by atoms with Gasteiger partial charge in [0, 0.05) is 12.2 Å². The number of anilines is 2. The third kappa shape index (κ3) is 5.44. The van der Waals surface area contributed by atoms with Crippen LogP contribution in [0.25, 0.3) is 0 Å². The number of ketones is 1. The van der Waals surface area contributed by atoms with E-state index in [0.29, 0.717) is 17.1 Å². The number of benzene rings is 3. The summed E-state index contributed by atoms with van der Waals surface area (Å²) in [6.45, 7) is 5.50. The number of hydrogen-bond donors (Lipinski definition) is 1. The van der Waals surface area contributed by atoms with Crippen molar-refractivity contribution in [3.63, 3.8) is 0 Å². The maximum absolute atomic E-state index is 13.9. The van der Waals surface area contributed by atoms with E-state index in [2.05, 4.69) is 5.32 Å². The molecule has 38 heavy (non-hydrogen) atoms. The molecule has 1 N–H and O–H groups in total. The zero-order valence-electron chi connectivity index (χ0n) is 21.9. The number of rotatable bonds is 9. The van der Waals surface area contributed by atoms with Gasteiger partial charge in [-0.1, -0.05) is 50.2 Å². The smallest absolute Gasteiger partial charge is 0.299 e. The molecule has 0 saturated heterocycles. The fraction of sp³-hybridized carbons (Fsp3) is 0.267. The molecule has 0 spiro atoms. The number of fused-ring (bicyclic) bond motifs is 1. The van der Waals surface area contributed by atoms with Gasteiger partial charge in [-0.2, -0.15) is 0 Å². The highest BCUT2D eigenvalue weighted by Crippen LogP contribution is 2.29. The number of Topliss-reactive ketones (excluding diaryl/α,β-unsaturated/α-hetero) is 1. The second kappa shape index (κ2) is 11.3. The van der Waals surface area contributed by atoms with Crippen molar-refractivity contribution < 1.29 is 23.9 Å². The summed E-state index contributed by atoms with van der Waals surface area (Å²) >= 11 is 0. The zero-order chi connectivity index (χ0) is 27.4. The number of hydrogen-bond acceptors (Lipinski definition) is 5. The van der Waals surface area contributed by atoms with Crippen LogP contribution >= 0.6 is 0 Å². The lowest BCUT2D eigenvalue weighted by molar-refractivity contribution is -0.140. The van der Waals surface area contributed by atoms with Crippen molar-refractivity contribution in [1.82, 2.24) is 4.90 Å². The van der Waals surface area contributed by atoms with Crippen molar-refractivity contribution in [3.05, 3.63) is 89.5 Å². The number of ether oxygens (including phenoxy) is 1. The van der Waals surface area contributed by atoms with Gasteiger partial charge in [0.25, 0.3) is 11.7 Å². The predicted molar refractivity (Wildman–Crippen MR) is 145 cm³/mol. The first kappa shape index (κ1) is 26.6. The molecule has 3 aromatic rings. The van der Waals surface area contributed by atoms with Gasteiger partial charge in [-0.05, 0) is 60.4 Å². The predicted octanol–water partition coefficient (Wildman–Crippen LogP) is 4.23. The van der Waals surface area contributed by atoms with Gasteiger partial charge < -0.3 is 15.0 Å². The number of nitrogens with zero attached hydrogens (tertiary/aromatic N) is 2. The Hall–Kier alpha value is -4.46. The number of nitrogens with one attached hydrogen (secondary N) is 1. The van der Waals surface area contributed by atoms with Crippen molar-refractivity contribution in [3.8, 4) is 5.75 Å². The van der Waals surface area contributed by atoms with Crippen LogP contribution in [0.15, 0.2) is 72.8 Å². The molecule has 196 valence electrons. The summed E-state index contributed by atoms with van der Waals surface area (Å²) in [5.41, 5.74) is 3.09. The summed E-state index contributed by atoms with van der Waals surface area (Å²) in [5.74, 6) is -1.77. The first-order chi connectivity index (χ1) is 18.2. The number of carbonyl (C=O) groups excluding carboxylic acids is 4. The Morgan fingerprint density at radius 2 is 1.61 bits per heavy atom. The van der Waals surface area contributed by atoms with Gasteiger partial charge in [0.1, 0.15) is 18.3 Å². The lowest BCUT2D eigenvalue weighted by atomic mass is 9.99. The van der Waals surface area contributed by atoms with E-state index in [1.165, 1.54) is 9.80 Å². The molecule has 0 saturated carbocycles. The maximum Gasteiger partial charge on any atom is 0.299 e. The van der Waals surface area contributed by atoms with Gasteiger partial charge in [0.15, 0.2) is 0 Å². The molecule has 1 aliphatic heterocycles. The minimum absolute atomic E-state index is 0.169. The Kier molecular flexibility index (Phi) is 7.90. The second-order valence-electron chi connectivity index (χ2n) is 9.59. The van der Waals surface area contributed by atoms with E-state index in [-0.39, 0.29) is 30.5 Å². The molecule has 8 heteroatoms. The first-order valence-electron chi connectivity index (χ1n) is 12.5. The molecule has 3 amide bonds. The lowest BCUT2D eigenvalue weighted by Crippen LogP contribution is -2.53. The molecule has 1 heterocycles. The van der Waals surface area contributed by atoms with E-state index >= 15 is 0 Å². The van der Waals surface area contributed by atoms with Crippen LogP contribution in [0.4, 0.5) is 11.4 Å². The van der Waals surface area contributed by atoms with Crippen molar-refractivity contribution in [1.29, 1.82) is 0 Å². The van der Waals surface area contributed by atoms with Crippen molar-refractivity contribution in [2.24, 2.45) is 5.92 Å². The Bertz CT molecular complexity index is 1370. The summed E-state index contributed by atoms with van der Waals surface area (Å²) in [6, 6.07) is 20.4. The van der Waals surface area contributed by atoms with E-state index in [1.807, 2.05) is 45.0 Å². The van der Waals surface area contributed by atoms with Crippen LogP contribution in [-0.4, -0.2) is 48.1 Å². The van der Waals surface area contributed by atoms with Gasteiger partial charge in [-0.15, -0.1) is 0 Å². The van der Waals surface area contributed by atoms with Crippen LogP contribution in [0.5, 0.6) is 5.75 Å². The first-order valence-corrected chi connectivity index (χ1v) is 12.5. The highest BCUT2D eigenvalue weighted by atomic mass is 16.5. The molecule has 1 atom stereocenters. The Labute approximate surface area is 222 Å². The zero-order valence-corrected chi connectivity index (χ0v) is 21.9. The van der Waals surface area contributed by atoms with E-state index in [1.54, 1.807) is 55.6 Å². The fourth-order valence-corrected chi connectivity index (χ4v) is 4.64. The van der Waals surface area contributed by atoms with E-state index in [0.717, 1.165) is 11.1 Å². The van der Waals surface area contributed by atoms with E-state index in [4.69, 9.17) is 4.74 Å². The van der Waals surface area contributed by atoms with Gasteiger partial charge >= 0.3 is 0 Å². The topological polar surface area (TPSA) is 96.0 Å². The molecule has 8 nitrogen and oxygen atoms in total. The molecule has 0 bridgehead atoms. The third-order valence-electron chi connectivity index (χ3n) is 6.69. The van der Waals surface area contributed by atoms with Crippen LogP contribution in [0.2, 0.25) is 0 Å². The molecule has 4 rings (SSSR count). The number of aryl methyl sites for hydroxylation is 1. The van der Waals surface area contributed by atoms with Crippen LogP contribution in [0, 0.1) is 12.8 Å². The van der Waals surface area contributed by atoms with Crippen molar-refractivity contribution >= 4 is 34.9 Å². The Morgan fingerprint density at radius 3 is 2.26 bits per heavy atom. The molecule has 3 aromatic carbocycles. The minimum Gasteiger partial charge on any atom is -0.497 e. The number of para-hydroxylation sites is 1. The maximum atomic E-state index is 13.9. The van der Waals surface area contributed by atoms with Crippen LogP contribution in [0.3, 0.4) is 0 Å². The van der Waals surface area contributed by atoms with Crippen LogP contribution < -0.4 is 15.0 Å². The molecular formula is C30H31N3O5. The highest BCUT2D eigenvalue weighted by Gasteiger charge is 2.39. The summed E-state index contributed by atoms with van der Waals surface area (Å²) in [6.07, 6.45) is 0. The quantitative estimate of drug-likeness (QED) is 0.432. The monoisotopic (exact) mass is 513 g/mol. The van der Waals surface area contributed by atoms with Crippen molar-refractivity contribution in [2.45, 2.75) is 33.4 Å².